The minimum Gasteiger partial charge on any atom is -0.439 e. The molecule has 0 unspecified atom stereocenters. The van der Waals surface area contributed by atoms with Gasteiger partial charge in [-0.3, -0.25) is 4.21 Å². The largest absolute Gasteiger partial charge is 0.439 e. The maximum Gasteiger partial charge on any atom is 0.210 e. The summed E-state index contributed by atoms with van der Waals surface area (Å²) in [5.41, 5.74) is 1.76. The van der Waals surface area contributed by atoms with Crippen molar-refractivity contribution in [2.24, 2.45) is 0 Å². The van der Waals surface area contributed by atoms with Gasteiger partial charge in [0.05, 0.1) is 11.4 Å². The van der Waals surface area contributed by atoms with Crippen molar-refractivity contribution in [3.8, 4) is 11.3 Å². The van der Waals surface area contributed by atoms with Crippen molar-refractivity contribution in [2.45, 2.75) is 24.3 Å². The van der Waals surface area contributed by atoms with E-state index in [0.29, 0.717) is 11.7 Å². The first-order valence-electron chi connectivity index (χ1n) is 7.72. The van der Waals surface area contributed by atoms with Crippen LogP contribution in [0.3, 0.4) is 0 Å². The molecule has 3 atom stereocenters. The minimum absolute atomic E-state index is 0.243. The van der Waals surface area contributed by atoms with Crippen LogP contribution < -0.4 is 0 Å². The van der Waals surface area contributed by atoms with Crippen LogP contribution in [-0.2, 0) is 10.8 Å². The van der Waals surface area contributed by atoms with E-state index in [1.54, 1.807) is 18.3 Å². The van der Waals surface area contributed by atoms with E-state index in [0.717, 1.165) is 11.1 Å². The number of hydrogen-bond acceptors (Lipinski definition) is 3. The Morgan fingerprint density at radius 1 is 1.00 bits per heavy atom. The fourth-order valence-electron chi connectivity index (χ4n) is 2.48. The lowest BCUT2D eigenvalue weighted by molar-refractivity contribution is 0.504. The summed E-state index contributed by atoms with van der Waals surface area (Å²) in [4.78, 5) is 4.28. The summed E-state index contributed by atoms with van der Waals surface area (Å²) in [5, 5.41) is -0.602. The fraction of sp³-hybridized carbons (Fsp3) is 0.211. The molecule has 0 aliphatic carbocycles. The lowest BCUT2D eigenvalue weighted by Gasteiger charge is -2.15. The highest BCUT2D eigenvalue weighted by molar-refractivity contribution is 7.85. The smallest absolute Gasteiger partial charge is 0.210 e. The molecular formula is C19H18FNO2S. The third kappa shape index (κ3) is 3.46. The molecule has 0 spiro atoms. The molecule has 2 aromatic carbocycles. The molecule has 0 saturated carbocycles. The van der Waals surface area contributed by atoms with Crippen LogP contribution in [0, 0.1) is 5.82 Å². The molecule has 0 saturated heterocycles. The van der Waals surface area contributed by atoms with Crippen LogP contribution in [0.25, 0.3) is 11.3 Å². The zero-order chi connectivity index (χ0) is 17.1. The van der Waals surface area contributed by atoms with E-state index >= 15 is 0 Å². The van der Waals surface area contributed by atoms with Crippen molar-refractivity contribution in [1.29, 1.82) is 0 Å². The molecule has 0 aliphatic rings. The van der Waals surface area contributed by atoms with E-state index in [4.69, 9.17) is 4.42 Å². The first-order valence-corrected chi connectivity index (χ1v) is 9.00. The van der Waals surface area contributed by atoms with E-state index in [9.17, 15) is 8.60 Å². The van der Waals surface area contributed by atoms with Crippen LogP contribution in [0.15, 0.2) is 65.2 Å². The highest BCUT2D eigenvalue weighted by Gasteiger charge is 2.25. The second-order valence-electron chi connectivity index (χ2n) is 5.59. The number of hydrogen-bond donors (Lipinski definition) is 0. The molecule has 3 aromatic rings. The number of benzene rings is 2. The molecule has 3 nitrogen and oxygen atoms in total. The number of aromatic nitrogens is 1. The first kappa shape index (κ1) is 16.6. The van der Waals surface area contributed by atoms with Gasteiger partial charge in [-0.05, 0) is 31.5 Å². The molecule has 0 fully saturated rings. The van der Waals surface area contributed by atoms with E-state index < -0.39 is 10.8 Å². The predicted octanol–water partition coefficient (Wildman–Crippen LogP) is 5.05. The second-order valence-corrected chi connectivity index (χ2v) is 7.66. The fourth-order valence-corrected chi connectivity index (χ4v) is 3.83. The zero-order valence-electron chi connectivity index (χ0n) is 13.5. The standard InChI is InChI=1S/C19H18FNO2S/c1-13(15-8-10-17(20)11-9-15)24(22)14(2)19-21-12-18(23-19)16-6-4-3-5-7-16/h3-14H,1-2H3/t13-,14-,24+/m1/s1. The Morgan fingerprint density at radius 3 is 2.33 bits per heavy atom. The van der Waals surface area contributed by atoms with Crippen molar-refractivity contribution in [3.63, 3.8) is 0 Å². The number of oxazole rings is 1. The van der Waals surface area contributed by atoms with Gasteiger partial charge in [0.15, 0.2) is 5.76 Å². The molecule has 0 aliphatic heterocycles. The Kier molecular flexibility index (Phi) is 4.90. The van der Waals surface area contributed by atoms with Gasteiger partial charge >= 0.3 is 0 Å². The molecule has 0 N–H and O–H groups in total. The summed E-state index contributed by atoms with van der Waals surface area (Å²) in [5.74, 6) is 0.801. The average molecular weight is 343 g/mol. The van der Waals surface area contributed by atoms with Gasteiger partial charge < -0.3 is 4.42 Å². The molecule has 1 aromatic heterocycles. The van der Waals surface area contributed by atoms with E-state index in [1.165, 1.54) is 12.1 Å². The quantitative estimate of drug-likeness (QED) is 0.651. The van der Waals surface area contributed by atoms with Crippen molar-refractivity contribution >= 4 is 10.8 Å². The van der Waals surface area contributed by atoms with Crippen LogP contribution in [0.1, 0.15) is 35.8 Å². The minimum atomic E-state index is -1.24. The Morgan fingerprint density at radius 2 is 1.67 bits per heavy atom. The molecular weight excluding hydrogens is 325 g/mol. The second kappa shape index (κ2) is 7.09. The lowest BCUT2D eigenvalue weighted by Crippen LogP contribution is -2.10. The van der Waals surface area contributed by atoms with Crippen molar-refractivity contribution in [3.05, 3.63) is 78.1 Å². The van der Waals surface area contributed by atoms with Gasteiger partial charge in [0, 0.05) is 16.4 Å². The molecule has 1 heterocycles. The summed E-state index contributed by atoms with van der Waals surface area (Å²) in [6.45, 7) is 3.69. The topological polar surface area (TPSA) is 43.1 Å². The summed E-state index contributed by atoms with van der Waals surface area (Å²) < 4.78 is 31.6. The molecule has 124 valence electrons. The number of halogens is 1. The SMILES string of the molecule is C[C@H](c1ccc(F)cc1)[S@](=O)[C@H](C)c1ncc(-c2ccccc2)o1. The van der Waals surface area contributed by atoms with Gasteiger partial charge in [-0.2, -0.15) is 0 Å². The lowest BCUT2D eigenvalue weighted by atomic mass is 10.2. The third-order valence-electron chi connectivity index (χ3n) is 3.97. The van der Waals surface area contributed by atoms with Crippen molar-refractivity contribution in [2.75, 3.05) is 0 Å². The van der Waals surface area contributed by atoms with Crippen LogP contribution in [0.4, 0.5) is 4.39 Å². The van der Waals surface area contributed by atoms with E-state index in [2.05, 4.69) is 4.98 Å². The molecule has 3 rings (SSSR count). The Bertz CT molecular complexity index is 830. The Labute approximate surface area is 143 Å². The molecule has 0 radical (unpaired) electrons. The maximum absolute atomic E-state index is 13.0. The van der Waals surface area contributed by atoms with Gasteiger partial charge in [0.25, 0.3) is 0 Å². The van der Waals surface area contributed by atoms with Crippen molar-refractivity contribution < 1.29 is 13.0 Å². The Hall–Kier alpha value is -2.27. The first-order chi connectivity index (χ1) is 11.6. The average Bonchev–Trinajstić information content (AvgIpc) is 3.11. The monoisotopic (exact) mass is 343 g/mol. The van der Waals surface area contributed by atoms with Crippen LogP contribution in [-0.4, -0.2) is 9.19 Å². The summed E-state index contributed by atoms with van der Waals surface area (Å²) in [7, 11) is -1.24. The summed E-state index contributed by atoms with van der Waals surface area (Å²) in [6, 6.07) is 15.7. The van der Waals surface area contributed by atoms with Gasteiger partial charge in [-0.15, -0.1) is 0 Å². The number of nitrogens with zero attached hydrogens (tertiary/aromatic N) is 1. The predicted molar refractivity (Wildman–Crippen MR) is 93.3 cm³/mol. The third-order valence-corrected chi connectivity index (χ3v) is 5.83. The van der Waals surface area contributed by atoms with Crippen LogP contribution >= 0.6 is 0 Å². The summed E-state index contributed by atoms with van der Waals surface area (Å²) in [6.07, 6.45) is 1.65. The molecule has 24 heavy (non-hydrogen) atoms. The van der Waals surface area contributed by atoms with Gasteiger partial charge in [0.2, 0.25) is 5.89 Å². The molecule has 5 heteroatoms. The number of rotatable bonds is 5. The van der Waals surface area contributed by atoms with Gasteiger partial charge in [-0.25, -0.2) is 9.37 Å². The highest BCUT2D eigenvalue weighted by atomic mass is 32.2. The van der Waals surface area contributed by atoms with Crippen LogP contribution in [0.2, 0.25) is 0 Å². The highest BCUT2D eigenvalue weighted by Crippen LogP contribution is 2.31. The summed E-state index contributed by atoms with van der Waals surface area (Å²) >= 11 is 0. The van der Waals surface area contributed by atoms with Gasteiger partial charge in [-0.1, -0.05) is 42.5 Å². The van der Waals surface area contributed by atoms with E-state index in [-0.39, 0.29) is 16.3 Å². The normalized spacial score (nSPS) is 15.0. The molecule has 0 amide bonds. The van der Waals surface area contributed by atoms with Crippen LogP contribution in [0.5, 0.6) is 0 Å². The molecule has 0 bridgehead atoms. The zero-order valence-corrected chi connectivity index (χ0v) is 14.3. The van der Waals surface area contributed by atoms with Crippen molar-refractivity contribution in [1.82, 2.24) is 4.98 Å². The van der Waals surface area contributed by atoms with Gasteiger partial charge in [0.1, 0.15) is 11.1 Å². The Balaban J connectivity index is 1.78. The van der Waals surface area contributed by atoms with E-state index in [1.807, 2.05) is 44.2 Å². The maximum atomic E-state index is 13.0.